The number of hydrogen-bond donors (Lipinski definition) is 1. The van der Waals surface area contributed by atoms with Crippen LogP contribution in [0.5, 0.6) is 17.2 Å². The van der Waals surface area contributed by atoms with Gasteiger partial charge in [-0.3, -0.25) is 4.79 Å². The predicted molar refractivity (Wildman–Crippen MR) is 121 cm³/mol. The lowest BCUT2D eigenvalue weighted by Gasteiger charge is -2.13. The second-order valence-corrected chi connectivity index (χ2v) is 7.03. The van der Waals surface area contributed by atoms with Crippen LogP contribution in [0.25, 0.3) is 15.9 Å². The average Bonchev–Trinajstić information content (AvgIpc) is 3.13. The molecular weight excluding hydrogens is 416 g/mol. The number of allylic oxidation sites excluding steroid dienone is 3. The summed E-state index contributed by atoms with van der Waals surface area (Å²) in [6.07, 6.45) is 2.91. The minimum atomic E-state index is -0.372. The van der Waals surface area contributed by atoms with Gasteiger partial charge in [0.05, 0.1) is 26.9 Å². The van der Waals surface area contributed by atoms with Crippen molar-refractivity contribution in [3.63, 3.8) is 0 Å². The molecule has 1 aromatic heterocycles. The highest BCUT2D eigenvalue weighted by Crippen LogP contribution is 2.40. The lowest BCUT2D eigenvalue weighted by atomic mass is 10.0. The molecule has 1 heterocycles. The minimum Gasteiger partial charge on any atom is -0.493 e. The Hall–Kier alpha value is -3.69. The molecule has 0 fully saturated rings. The first kappa shape index (κ1) is 22.0. The van der Waals surface area contributed by atoms with Crippen LogP contribution < -0.4 is 14.2 Å². The van der Waals surface area contributed by atoms with Gasteiger partial charge in [0.1, 0.15) is 11.6 Å². The topological polar surface area (TPSA) is 84.3 Å². The second kappa shape index (κ2) is 9.41. The number of carbonyl (C=O) groups is 1. The van der Waals surface area contributed by atoms with Crippen molar-refractivity contribution < 1.29 is 19.0 Å². The van der Waals surface area contributed by atoms with Gasteiger partial charge < -0.3 is 19.2 Å². The number of hydrogen-bond acceptors (Lipinski definition) is 5. The molecule has 0 radical (unpaired) electrons. The highest BCUT2D eigenvalue weighted by molar-refractivity contribution is 6.49. The van der Waals surface area contributed by atoms with Crippen molar-refractivity contribution >= 4 is 33.3 Å². The number of nitriles is 1. The number of nitrogens with one attached hydrogen (secondary N) is 1. The fraction of sp³-hybridized carbons (Fsp3) is 0.167. The van der Waals surface area contributed by atoms with E-state index in [4.69, 9.17) is 25.8 Å². The molecule has 1 N–H and O–H groups in total. The number of nitrogens with zero attached hydrogens (tertiary/aromatic N) is 1. The van der Waals surface area contributed by atoms with Gasteiger partial charge in [-0.15, -0.1) is 0 Å². The first-order valence-corrected chi connectivity index (χ1v) is 9.72. The SMILES string of the molecule is COc1cc(/C(Cl)=C/C=C(\C#N)C(=O)c2c(C)[nH]c3ccccc23)cc(OC)c1OC. The van der Waals surface area contributed by atoms with Crippen LogP contribution in [0.2, 0.25) is 0 Å². The van der Waals surface area contributed by atoms with Crippen LogP contribution in [0.3, 0.4) is 0 Å². The lowest BCUT2D eigenvalue weighted by molar-refractivity contribution is 0.104. The maximum atomic E-state index is 13.1. The number of ketones is 1. The van der Waals surface area contributed by atoms with E-state index in [9.17, 15) is 10.1 Å². The maximum Gasteiger partial charge on any atom is 0.205 e. The number of rotatable bonds is 7. The Morgan fingerprint density at radius 1 is 1.06 bits per heavy atom. The molecule has 2 aromatic carbocycles. The zero-order valence-corrected chi connectivity index (χ0v) is 18.3. The first-order valence-electron chi connectivity index (χ1n) is 9.35. The summed E-state index contributed by atoms with van der Waals surface area (Å²) in [7, 11) is 4.53. The summed E-state index contributed by atoms with van der Waals surface area (Å²) in [5.74, 6) is 0.955. The number of carbonyl (C=O) groups excluding carboxylic acids is 1. The number of halogens is 1. The van der Waals surface area contributed by atoms with E-state index in [0.29, 0.717) is 39.1 Å². The van der Waals surface area contributed by atoms with Crippen LogP contribution in [0.4, 0.5) is 0 Å². The Labute approximate surface area is 185 Å². The van der Waals surface area contributed by atoms with E-state index in [1.165, 1.54) is 33.5 Å². The molecule has 0 atom stereocenters. The Kier molecular flexibility index (Phi) is 6.68. The molecule has 158 valence electrons. The van der Waals surface area contributed by atoms with Crippen molar-refractivity contribution in [2.24, 2.45) is 0 Å². The van der Waals surface area contributed by atoms with Gasteiger partial charge in [0.2, 0.25) is 11.5 Å². The molecule has 6 nitrogen and oxygen atoms in total. The Balaban J connectivity index is 2.01. The van der Waals surface area contributed by atoms with Crippen molar-refractivity contribution in [3.05, 3.63) is 70.9 Å². The predicted octanol–water partition coefficient (Wildman–Crippen LogP) is 5.41. The van der Waals surface area contributed by atoms with Crippen LogP contribution in [0.1, 0.15) is 21.6 Å². The number of para-hydroxylation sites is 1. The summed E-state index contributed by atoms with van der Waals surface area (Å²) in [4.78, 5) is 16.2. The van der Waals surface area contributed by atoms with Crippen LogP contribution in [-0.4, -0.2) is 32.1 Å². The highest BCUT2D eigenvalue weighted by atomic mass is 35.5. The Morgan fingerprint density at radius 2 is 1.71 bits per heavy atom. The monoisotopic (exact) mass is 436 g/mol. The van der Waals surface area contributed by atoms with Gasteiger partial charge in [-0.2, -0.15) is 5.26 Å². The highest BCUT2D eigenvalue weighted by Gasteiger charge is 2.19. The molecule has 0 saturated carbocycles. The van der Waals surface area contributed by atoms with Crippen molar-refractivity contribution in [1.29, 1.82) is 5.26 Å². The van der Waals surface area contributed by atoms with Crippen LogP contribution in [0.15, 0.2) is 54.1 Å². The van der Waals surface area contributed by atoms with E-state index in [1.54, 1.807) is 19.1 Å². The van der Waals surface area contributed by atoms with Crippen LogP contribution in [-0.2, 0) is 0 Å². The number of aryl methyl sites for hydroxylation is 1. The zero-order chi connectivity index (χ0) is 22.5. The number of aromatic amines is 1. The van der Waals surface area contributed by atoms with E-state index >= 15 is 0 Å². The maximum absolute atomic E-state index is 13.1. The van der Waals surface area contributed by atoms with Crippen LogP contribution >= 0.6 is 11.6 Å². The van der Waals surface area contributed by atoms with E-state index in [1.807, 2.05) is 30.3 Å². The normalized spacial score (nSPS) is 11.9. The third kappa shape index (κ3) is 4.27. The van der Waals surface area contributed by atoms with Gasteiger partial charge >= 0.3 is 0 Å². The standard InChI is InChI=1S/C24H21ClN2O4/c1-14-22(17-7-5-6-8-19(17)27-14)23(28)15(13-26)9-10-18(25)16-11-20(29-2)24(31-4)21(12-16)30-3/h5-12,27H,1-4H3/b15-9+,18-10-. The zero-order valence-electron chi connectivity index (χ0n) is 17.6. The van der Waals surface area contributed by atoms with Gasteiger partial charge in [0.25, 0.3) is 0 Å². The quantitative estimate of drug-likeness (QED) is 0.231. The van der Waals surface area contributed by atoms with Crippen molar-refractivity contribution in [2.45, 2.75) is 6.92 Å². The number of Topliss-reactive ketones (excluding diaryl/α,β-unsaturated/α-hetero) is 1. The number of H-pyrrole nitrogens is 1. The third-order valence-electron chi connectivity index (χ3n) is 4.82. The van der Waals surface area contributed by atoms with Gasteiger partial charge in [-0.1, -0.05) is 29.8 Å². The molecular formula is C24H21ClN2O4. The van der Waals surface area contributed by atoms with Crippen LogP contribution in [0, 0.1) is 18.3 Å². The van der Waals surface area contributed by atoms with Crippen molar-refractivity contribution in [2.75, 3.05) is 21.3 Å². The van der Waals surface area contributed by atoms with E-state index in [-0.39, 0.29) is 11.4 Å². The summed E-state index contributed by atoms with van der Waals surface area (Å²) in [5.41, 5.74) is 2.57. The average molecular weight is 437 g/mol. The van der Waals surface area contributed by atoms with Gasteiger partial charge in [0, 0.05) is 27.2 Å². The van der Waals surface area contributed by atoms with Gasteiger partial charge in [-0.05, 0) is 37.3 Å². The van der Waals surface area contributed by atoms with Crippen molar-refractivity contribution in [1.82, 2.24) is 4.98 Å². The smallest absolute Gasteiger partial charge is 0.205 e. The second-order valence-electron chi connectivity index (χ2n) is 6.62. The number of methoxy groups -OCH3 is 3. The Bertz CT molecular complexity index is 1220. The number of ether oxygens (including phenoxy) is 3. The molecule has 3 rings (SSSR count). The molecule has 0 aliphatic carbocycles. The number of aromatic nitrogens is 1. The summed E-state index contributed by atoms with van der Waals surface area (Å²) in [6, 6.07) is 12.8. The largest absolute Gasteiger partial charge is 0.493 e. The van der Waals surface area contributed by atoms with Gasteiger partial charge in [-0.25, -0.2) is 0 Å². The summed E-state index contributed by atoms with van der Waals surface area (Å²) < 4.78 is 16.0. The number of benzene rings is 2. The summed E-state index contributed by atoms with van der Waals surface area (Å²) >= 11 is 6.45. The molecule has 0 spiro atoms. The van der Waals surface area contributed by atoms with Gasteiger partial charge in [0.15, 0.2) is 11.5 Å². The molecule has 0 amide bonds. The molecule has 0 aliphatic rings. The molecule has 3 aromatic rings. The molecule has 0 unspecified atom stereocenters. The number of fused-ring (bicyclic) bond motifs is 1. The molecule has 31 heavy (non-hydrogen) atoms. The minimum absolute atomic E-state index is 0.0292. The van der Waals surface area contributed by atoms with E-state index in [2.05, 4.69) is 4.98 Å². The first-order chi connectivity index (χ1) is 14.9. The molecule has 0 bridgehead atoms. The molecule has 0 saturated heterocycles. The summed E-state index contributed by atoms with van der Waals surface area (Å²) in [5, 5.41) is 10.7. The van der Waals surface area contributed by atoms with E-state index in [0.717, 1.165) is 10.9 Å². The lowest BCUT2D eigenvalue weighted by Crippen LogP contribution is -2.03. The van der Waals surface area contributed by atoms with E-state index < -0.39 is 0 Å². The fourth-order valence-corrected chi connectivity index (χ4v) is 3.51. The Morgan fingerprint density at radius 3 is 2.29 bits per heavy atom. The molecule has 7 heteroatoms. The fourth-order valence-electron chi connectivity index (χ4n) is 3.34. The van der Waals surface area contributed by atoms with Crippen molar-refractivity contribution in [3.8, 4) is 23.3 Å². The molecule has 0 aliphatic heterocycles. The third-order valence-corrected chi connectivity index (χ3v) is 5.17. The summed E-state index contributed by atoms with van der Waals surface area (Å²) in [6.45, 7) is 1.81.